The van der Waals surface area contributed by atoms with Gasteiger partial charge in [-0.2, -0.15) is 13.9 Å². The zero-order valence-electron chi connectivity index (χ0n) is 10.7. The molecular weight excluding hydrogens is 291 g/mol. The molecule has 112 valence electrons. The van der Waals surface area contributed by atoms with E-state index in [1.54, 1.807) is 0 Å². The highest BCUT2D eigenvalue weighted by Gasteiger charge is 2.23. The van der Waals surface area contributed by atoms with Crippen LogP contribution < -0.4 is 10.1 Å². The quantitative estimate of drug-likeness (QED) is 0.910. The number of rotatable bonds is 4. The zero-order valence-corrected chi connectivity index (χ0v) is 10.7. The van der Waals surface area contributed by atoms with E-state index in [4.69, 9.17) is 5.11 Å². The molecule has 1 aromatic carbocycles. The van der Waals surface area contributed by atoms with E-state index in [9.17, 15) is 18.0 Å². The Labute approximate surface area is 116 Å². The first kappa shape index (κ1) is 14.7. The Morgan fingerprint density at radius 2 is 2.00 bits per heavy atom. The average molecular weight is 301 g/mol. The second-order valence-corrected chi connectivity index (χ2v) is 3.97. The molecule has 2 rings (SSSR count). The van der Waals surface area contributed by atoms with Gasteiger partial charge in [-0.3, -0.25) is 10.00 Å². The van der Waals surface area contributed by atoms with Gasteiger partial charge < -0.3 is 9.84 Å². The van der Waals surface area contributed by atoms with E-state index in [0.717, 1.165) is 16.8 Å². The molecule has 0 unspecified atom stereocenters. The monoisotopic (exact) mass is 301 g/mol. The standard InChI is InChI=1S/C12H10F3N3O3/c1-18-8(6-2-4-7(13)5-3-6)9(21-11(14)15)10(17-18)16-12(19)20/h2-5,11H,1H3,(H,16,17)(H,19,20). The number of carboxylic acid groups (broad SMARTS) is 1. The fourth-order valence-corrected chi connectivity index (χ4v) is 1.81. The maximum Gasteiger partial charge on any atom is 0.410 e. The zero-order chi connectivity index (χ0) is 15.6. The van der Waals surface area contributed by atoms with Gasteiger partial charge in [0.1, 0.15) is 11.5 Å². The summed E-state index contributed by atoms with van der Waals surface area (Å²) in [5, 5.41) is 14.3. The Kier molecular flexibility index (Phi) is 4.01. The van der Waals surface area contributed by atoms with Gasteiger partial charge in [-0.15, -0.1) is 0 Å². The van der Waals surface area contributed by atoms with Crippen molar-refractivity contribution in [3.8, 4) is 17.0 Å². The molecule has 0 aliphatic carbocycles. The summed E-state index contributed by atoms with van der Waals surface area (Å²) < 4.78 is 43.5. The lowest BCUT2D eigenvalue weighted by atomic mass is 10.1. The van der Waals surface area contributed by atoms with Crippen molar-refractivity contribution in [1.29, 1.82) is 0 Å². The minimum absolute atomic E-state index is 0.0963. The van der Waals surface area contributed by atoms with Gasteiger partial charge in [0.2, 0.25) is 5.82 Å². The van der Waals surface area contributed by atoms with Gasteiger partial charge in [0.15, 0.2) is 5.75 Å². The van der Waals surface area contributed by atoms with Gasteiger partial charge in [0.05, 0.1) is 0 Å². The predicted octanol–water partition coefficient (Wildman–Crippen LogP) is 2.92. The van der Waals surface area contributed by atoms with Crippen LogP contribution in [0.1, 0.15) is 0 Å². The number of amides is 1. The SMILES string of the molecule is Cn1nc(NC(=O)O)c(OC(F)F)c1-c1ccc(F)cc1. The van der Waals surface area contributed by atoms with Crippen molar-refractivity contribution in [3.05, 3.63) is 30.1 Å². The van der Waals surface area contributed by atoms with E-state index in [-0.39, 0.29) is 11.5 Å². The molecule has 0 aliphatic heterocycles. The number of hydrogen-bond donors (Lipinski definition) is 2. The van der Waals surface area contributed by atoms with Gasteiger partial charge >= 0.3 is 12.7 Å². The predicted molar refractivity (Wildman–Crippen MR) is 66.9 cm³/mol. The third-order valence-electron chi connectivity index (χ3n) is 2.55. The first-order valence-electron chi connectivity index (χ1n) is 5.66. The van der Waals surface area contributed by atoms with Gasteiger partial charge in [-0.05, 0) is 24.3 Å². The van der Waals surface area contributed by atoms with E-state index >= 15 is 0 Å². The molecule has 1 aromatic heterocycles. The summed E-state index contributed by atoms with van der Waals surface area (Å²) in [4.78, 5) is 10.7. The third-order valence-corrected chi connectivity index (χ3v) is 2.55. The number of nitrogens with one attached hydrogen (secondary N) is 1. The molecule has 0 aliphatic rings. The second-order valence-electron chi connectivity index (χ2n) is 3.97. The molecule has 0 saturated carbocycles. The molecule has 21 heavy (non-hydrogen) atoms. The Balaban J connectivity index is 2.55. The Morgan fingerprint density at radius 1 is 1.38 bits per heavy atom. The van der Waals surface area contributed by atoms with Crippen LogP contribution in [0.4, 0.5) is 23.8 Å². The van der Waals surface area contributed by atoms with Crippen molar-refractivity contribution in [2.75, 3.05) is 5.32 Å². The van der Waals surface area contributed by atoms with Crippen LogP contribution in [0.3, 0.4) is 0 Å². The lowest BCUT2D eigenvalue weighted by Gasteiger charge is -2.08. The first-order valence-corrected chi connectivity index (χ1v) is 5.66. The van der Waals surface area contributed by atoms with Gasteiger partial charge in [0.25, 0.3) is 0 Å². The summed E-state index contributed by atoms with van der Waals surface area (Å²) in [6.07, 6.45) is -1.47. The van der Waals surface area contributed by atoms with Crippen molar-refractivity contribution in [2.45, 2.75) is 6.61 Å². The van der Waals surface area contributed by atoms with Crippen molar-refractivity contribution in [2.24, 2.45) is 7.05 Å². The number of ether oxygens (including phenoxy) is 1. The number of halogens is 3. The Bertz CT molecular complexity index is 656. The number of alkyl halides is 2. The normalized spacial score (nSPS) is 10.7. The molecule has 6 nitrogen and oxygen atoms in total. The number of nitrogens with zero attached hydrogens (tertiary/aromatic N) is 2. The summed E-state index contributed by atoms with van der Waals surface area (Å²) in [6, 6.07) is 4.96. The minimum Gasteiger partial charge on any atom is -0.465 e. The van der Waals surface area contributed by atoms with E-state index in [0.29, 0.717) is 5.56 Å². The van der Waals surface area contributed by atoms with Crippen molar-refractivity contribution in [1.82, 2.24) is 9.78 Å². The highest BCUT2D eigenvalue weighted by molar-refractivity contribution is 5.86. The summed E-state index contributed by atoms with van der Waals surface area (Å²) in [7, 11) is 1.42. The summed E-state index contributed by atoms with van der Waals surface area (Å²) in [5.74, 6) is -1.30. The van der Waals surface area contributed by atoms with Crippen molar-refractivity contribution in [3.63, 3.8) is 0 Å². The van der Waals surface area contributed by atoms with E-state index in [1.165, 1.54) is 19.2 Å². The molecule has 2 aromatic rings. The van der Waals surface area contributed by atoms with Crippen LogP contribution in [-0.4, -0.2) is 27.6 Å². The molecule has 0 bridgehead atoms. The first-order chi connectivity index (χ1) is 9.88. The number of anilines is 1. The van der Waals surface area contributed by atoms with Crippen molar-refractivity contribution >= 4 is 11.9 Å². The van der Waals surface area contributed by atoms with E-state index in [2.05, 4.69) is 9.84 Å². The van der Waals surface area contributed by atoms with Crippen LogP contribution in [0.25, 0.3) is 11.3 Å². The van der Waals surface area contributed by atoms with Crippen LogP contribution in [0.5, 0.6) is 5.75 Å². The van der Waals surface area contributed by atoms with Crippen LogP contribution >= 0.6 is 0 Å². The van der Waals surface area contributed by atoms with Crippen LogP contribution in [0.2, 0.25) is 0 Å². The smallest absolute Gasteiger partial charge is 0.410 e. The minimum atomic E-state index is -3.16. The average Bonchev–Trinajstić information content (AvgIpc) is 2.65. The Hall–Kier alpha value is -2.71. The van der Waals surface area contributed by atoms with Gasteiger partial charge in [-0.25, -0.2) is 9.18 Å². The molecule has 0 saturated heterocycles. The topological polar surface area (TPSA) is 76.4 Å². The van der Waals surface area contributed by atoms with E-state index < -0.39 is 24.3 Å². The maximum atomic E-state index is 12.9. The van der Waals surface area contributed by atoms with E-state index in [1.807, 2.05) is 5.32 Å². The fourth-order valence-electron chi connectivity index (χ4n) is 1.81. The molecule has 0 atom stereocenters. The Morgan fingerprint density at radius 3 is 2.52 bits per heavy atom. The maximum absolute atomic E-state index is 12.9. The molecule has 9 heteroatoms. The number of aromatic nitrogens is 2. The molecule has 1 amide bonds. The molecule has 0 spiro atoms. The lowest BCUT2D eigenvalue weighted by Crippen LogP contribution is -2.10. The van der Waals surface area contributed by atoms with Crippen LogP contribution in [0, 0.1) is 5.82 Å². The molecule has 0 radical (unpaired) electrons. The van der Waals surface area contributed by atoms with Gasteiger partial charge in [-0.1, -0.05) is 0 Å². The van der Waals surface area contributed by atoms with Gasteiger partial charge in [0, 0.05) is 12.6 Å². The molecule has 2 N–H and O–H groups in total. The second kappa shape index (κ2) is 5.73. The summed E-state index contributed by atoms with van der Waals surface area (Å²) in [5.41, 5.74) is 0.444. The lowest BCUT2D eigenvalue weighted by molar-refractivity contribution is -0.0490. The number of carbonyl (C=O) groups is 1. The largest absolute Gasteiger partial charge is 0.465 e. The number of aryl methyl sites for hydroxylation is 1. The third kappa shape index (κ3) is 3.25. The summed E-state index contributed by atoms with van der Waals surface area (Å²) >= 11 is 0. The van der Waals surface area contributed by atoms with Crippen molar-refractivity contribution < 1.29 is 27.8 Å². The molecular formula is C12H10F3N3O3. The molecule has 1 heterocycles. The van der Waals surface area contributed by atoms with Crippen LogP contribution in [-0.2, 0) is 7.05 Å². The number of hydrogen-bond acceptors (Lipinski definition) is 3. The number of benzene rings is 1. The fraction of sp³-hybridized carbons (Fsp3) is 0.167. The molecule has 0 fully saturated rings. The summed E-state index contributed by atoms with van der Waals surface area (Å²) in [6.45, 7) is -3.16. The highest BCUT2D eigenvalue weighted by atomic mass is 19.3. The van der Waals surface area contributed by atoms with Crippen LogP contribution in [0.15, 0.2) is 24.3 Å². The highest BCUT2D eigenvalue weighted by Crippen LogP contribution is 2.37.